The molecule has 2 aromatic rings. The Hall–Kier alpha value is -2.24. The molecular formula is C21H32N4O2. The second-order valence-corrected chi connectivity index (χ2v) is 9.37. The van der Waals surface area contributed by atoms with Crippen LogP contribution in [-0.4, -0.2) is 38.2 Å². The molecule has 6 heteroatoms. The van der Waals surface area contributed by atoms with Crippen LogP contribution in [-0.2, 0) is 11.8 Å². The number of piperidine rings is 1. The highest BCUT2D eigenvalue weighted by atomic mass is 16.6. The number of fused-ring (bicyclic) bond motifs is 1. The van der Waals surface area contributed by atoms with Gasteiger partial charge in [0.2, 0.25) is 0 Å². The molecule has 6 nitrogen and oxygen atoms in total. The van der Waals surface area contributed by atoms with Crippen molar-refractivity contribution in [2.75, 3.05) is 12.3 Å². The van der Waals surface area contributed by atoms with Gasteiger partial charge in [-0.25, -0.2) is 9.78 Å². The quantitative estimate of drug-likeness (QED) is 0.807. The Morgan fingerprint density at radius 3 is 2.63 bits per heavy atom. The molecule has 2 aromatic heterocycles. The summed E-state index contributed by atoms with van der Waals surface area (Å²) in [4.78, 5) is 19.1. The van der Waals surface area contributed by atoms with Crippen LogP contribution in [0.3, 0.4) is 0 Å². The summed E-state index contributed by atoms with van der Waals surface area (Å²) >= 11 is 0. The number of likely N-dealkylation sites (tertiary alicyclic amines) is 1. The molecule has 3 heterocycles. The summed E-state index contributed by atoms with van der Waals surface area (Å²) in [5.41, 5.74) is 9.41. The lowest BCUT2D eigenvalue weighted by atomic mass is 9.79. The van der Waals surface area contributed by atoms with E-state index >= 15 is 0 Å². The molecule has 1 aliphatic heterocycles. The highest BCUT2D eigenvalue weighted by Gasteiger charge is 2.40. The minimum absolute atomic E-state index is 0.231. The summed E-state index contributed by atoms with van der Waals surface area (Å²) in [7, 11) is 2.02. The molecule has 27 heavy (non-hydrogen) atoms. The number of nitrogens with two attached hydrogens (primary N) is 1. The number of hydrogen-bond acceptors (Lipinski definition) is 4. The summed E-state index contributed by atoms with van der Waals surface area (Å²) in [5, 5.41) is 1.16. The number of anilines is 1. The molecule has 0 radical (unpaired) electrons. The summed E-state index contributed by atoms with van der Waals surface area (Å²) in [5.74, 6) is 0.352. The van der Waals surface area contributed by atoms with E-state index < -0.39 is 5.60 Å². The first-order chi connectivity index (χ1) is 12.4. The van der Waals surface area contributed by atoms with E-state index in [4.69, 9.17) is 10.5 Å². The van der Waals surface area contributed by atoms with E-state index in [0.717, 1.165) is 35.1 Å². The Morgan fingerprint density at radius 2 is 2.04 bits per heavy atom. The first-order valence-electron chi connectivity index (χ1n) is 9.61. The first-order valence-corrected chi connectivity index (χ1v) is 9.61. The SMILES string of the molecule is Cc1c(N)cnc2c1c([C@@H]1CCN(C(=O)OC(C)(C)C)C(C)(C)C1)cn2C. The number of hydrogen-bond donors (Lipinski definition) is 1. The van der Waals surface area contributed by atoms with Gasteiger partial charge in [0.15, 0.2) is 0 Å². The Kier molecular flexibility index (Phi) is 4.65. The van der Waals surface area contributed by atoms with Crippen molar-refractivity contribution in [1.29, 1.82) is 0 Å². The molecule has 0 saturated carbocycles. The van der Waals surface area contributed by atoms with Crippen LogP contribution in [0.4, 0.5) is 10.5 Å². The van der Waals surface area contributed by atoms with Gasteiger partial charge in [0.05, 0.1) is 11.9 Å². The number of nitrogen functional groups attached to an aromatic ring is 1. The minimum atomic E-state index is -0.486. The van der Waals surface area contributed by atoms with Crippen LogP contribution < -0.4 is 5.73 Å². The third kappa shape index (κ3) is 3.62. The number of carbonyl (C=O) groups excluding carboxylic acids is 1. The monoisotopic (exact) mass is 372 g/mol. The van der Waals surface area contributed by atoms with Crippen LogP contribution in [0.2, 0.25) is 0 Å². The van der Waals surface area contributed by atoms with Crippen molar-refractivity contribution >= 4 is 22.8 Å². The van der Waals surface area contributed by atoms with Crippen LogP contribution in [0, 0.1) is 6.92 Å². The number of aryl methyl sites for hydroxylation is 2. The topological polar surface area (TPSA) is 73.4 Å². The summed E-state index contributed by atoms with van der Waals surface area (Å²) in [6.45, 7) is 12.7. The van der Waals surface area contributed by atoms with Crippen molar-refractivity contribution in [2.45, 2.75) is 71.4 Å². The Morgan fingerprint density at radius 1 is 1.37 bits per heavy atom. The molecule has 1 atom stereocenters. The molecule has 148 valence electrons. The zero-order valence-corrected chi connectivity index (χ0v) is 17.6. The number of ether oxygens (including phenoxy) is 1. The zero-order chi connectivity index (χ0) is 20.1. The number of rotatable bonds is 1. The van der Waals surface area contributed by atoms with Gasteiger partial charge < -0.3 is 19.9 Å². The van der Waals surface area contributed by atoms with Crippen LogP contribution >= 0.6 is 0 Å². The van der Waals surface area contributed by atoms with Gasteiger partial charge in [-0.05, 0) is 71.4 Å². The molecular weight excluding hydrogens is 340 g/mol. The van der Waals surface area contributed by atoms with Gasteiger partial charge in [-0.3, -0.25) is 0 Å². The summed E-state index contributed by atoms with van der Waals surface area (Å²) in [6.07, 6.45) is 5.45. The standard InChI is InChI=1S/C21H32N4O2/c1-13-16(22)11-23-18-17(13)15(12-24(18)7)14-8-9-25(21(5,6)10-14)19(26)27-20(2,3)4/h11-12,14H,8-10,22H2,1-7H3/t14-/m1/s1. The van der Waals surface area contributed by atoms with Crippen molar-refractivity contribution in [1.82, 2.24) is 14.5 Å². The number of nitrogens with zero attached hydrogens (tertiary/aromatic N) is 3. The molecule has 0 aromatic carbocycles. The van der Waals surface area contributed by atoms with Crippen molar-refractivity contribution in [3.05, 3.63) is 23.5 Å². The van der Waals surface area contributed by atoms with E-state index in [1.165, 1.54) is 5.56 Å². The normalized spacial score (nSPS) is 20.1. The van der Waals surface area contributed by atoms with Gasteiger partial charge in [0.25, 0.3) is 0 Å². The van der Waals surface area contributed by atoms with E-state index in [2.05, 4.69) is 36.5 Å². The molecule has 0 bridgehead atoms. The Balaban J connectivity index is 1.91. The first kappa shape index (κ1) is 19.5. The fourth-order valence-corrected chi connectivity index (χ4v) is 4.18. The lowest BCUT2D eigenvalue weighted by molar-refractivity contribution is -0.00926. The molecule has 0 spiro atoms. The molecule has 3 rings (SSSR count). The van der Waals surface area contributed by atoms with Crippen molar-refractivity contribution in [2.24, 2.45) is 7.05 Å². The van der Waals surface area contributed by atoms with Crippen molar-refractivity contribution in [3.8, 4) is 0 Å². The second kappa shape index (κ2) is 6.43. The molecule has 2 N–H and O–H groups in total. The third-order valence-electron chi connectivity index (χ3n) is 5.54. The van der Waals surface area contributed by atoms with E-state index in [-0.39, 0.29) is 11.6 Å². The van der Waals surface area contributed by atoms with Crippen LogP contribution in [0.15, 0.2) is 12.4 Å². The fourth-order valence-electron chi connectivity index (χ4n) is 4.18. The largest absolute Gasteiger partial charge is 0.444 e. The molecule has 1 saturated heterocycles. The van der Waals surface area contributed by atoms with Gasteiger partial charge in [-0.1, -0.05) is 0 Å². The Bertz CT molecular complexity index is 876. The van der Waals surface area contributed by atoms with Crippen LogP contribution in [0.5, 0.6) is 0 Å². The zero-order valence-electron chi connectivity index (χ0n) is 17.6. The maximum atomic E-state index is 12.7. The molecule has 1 aliphatic rings. The third-order valence-corrected chi connectivity index (χ3v) is 5.54. The van der Waals surface area contributed by atoms with E-state index in [1.54, 1.807) is 6.20 Å². The van der Waals surface area contributed by atoms with Gasteiger partial charge in [-0.15, -0.1) is 0 Å². The smallest absolute Gasteiger partial charge is 0.410 e. The predicted octanol–water partition coefficient (Wildman–Crippen LogP) is 4.36. The average Bonchev–Trinajstić information content (AvgIpc) is 2.85. The van der Waals surface area contributed by atoms with Gasteiger partial charge >= 0.3 is 6.09 Å². The van der Waals surface area contributed by atoms with Crippen molar-refractivity contribution in [3.63, 3.8) is 0 Å². The van der Waals surface area contributed by atoms with Gasteiger partial charge in [-0.2, -0.15) is 0 Å². The lowest BCUT2D eigenvalue weighted by Gasteiger charge is -2.45. The van der Waals surface area contributed by atoms with E-state index in [0.29, 0.717) is 12.5 Å². The Labute approximate surface area is 161 Å². The number of pyridine rings is 1. The van der Waals surface area contributed by atoms with Gasteiger partial charge in [0, 0.05) is 30.7 Å². The average molecular weight is 373 g/mol. The van der Waals surface area contributed by atoms with E-state index in [1.807, 2.05) is 32.7 Å². The van der Waals surface area contributed by atoms with Crippen LogP contribution in [0.1, 0.15) is 64.5 Å². The maximum absolute atomic E-state index is 12.7. The van der Waals surface area contributed by atoms with E-state index in [9.17, 15) is 4.79 Å². The highest BCUT2D eigenvalue weighted by Crippen LogP contribution is 2.42. The fraction of sp³-hybridized carbons (Fsp3) is 0.619. The van der Waals surface area contributed by atoms with Crippen molar-refractivity contribution < 1.29 is 9.53 Å². The number of amides is 1. The predicted molar refractivity (Wildman–Crippen MR) is 109 cm³/mol. The maximum Gasteiger partial charge on any atom is 0.410 e. The minimum Gasteiger partial charge on any atom is -0.444 e. The number of carbonyl (C=O) groups is 1. The lowest BCUT2D eigenvalue weighted by Crippen LogP contribution is -2.53. The molecule has 0 aliphatic carbocycles. The summed E-state index contributed by atoms with van der Waals surface area (Å²) in [6, 6.07) is 0. The molecule has 0 unspecified atom stereocenters. The van der Waals surface area contributed by atoms with Gasteiger partial charge in [0.1, 0.15) is 11.2 Å². The summed E-state index contributed by atoms with van der Waals surface area (Å²) < 4.78 is 7.69. The number of aromatic nitrogens is 2. The molecule has 1 amide bonds. The highest BCUT2D eigenvalue weighted by molar-refractivity contribution is 5.88. The molecule has 1 fully saturated rings. The second-order valence-electron chi connectivity index (χ2n) is 9.37. The van der Waals surface area contributed by atoms with Crippen LogP contribution in [0.25, 0.3) is 11.0 Å².